The number of likely N-dealkylation sites (N-methyl/N-ethyl adjacent to an activating group) is 1. The van der Waals surface area contributed by atoms with Gasteiger partial charge in [0.05, 0.1) is 0 Å². The second kappa shape index (κ2) is 7.38. The van der Waals surface area contributed by atoms with Crippen LogP contribution in [0.25, 0.3) is 0 Å². The lowest BCUT2D eigenvalue weighted by molar-refractivity contribution is 0.451. The molecular formula is C15H20BrClN4. The highest BCUT2D eigenvalue weighted by Crippen LogP contribution is 2.25. The molecule has 6 heteroatoms. The van der Waals surface area contributed by atoms with Crippen molar-refractivity contribution < 1.29 is 0 Å². The molecule has 114 valence electrons. The van der Waals surface area contributed by atoms with Crippen molar-refractivity contribution in [2.75, 3.05) is 7.05 Å². The molecule has 21 heavy (non-hydrogen) atoms. The Labute approximate surface area is 139 Å². The van der Waals surface area contributed by atoms with E-state index in [4.69, 9.17) is 11.6 Å². The van der Waals surface area contributed by atoms with Gasteiger partial charge in [0, 0.05) is 28.5 Å². The molecule has 1 atom stereocenters. The summed E-state index contributed by atoms with van der Waals surface area (Å²) in [5.41, 5.74) is 1.14. The van der Waals surface area contributed by atoms with Crippen LogP contribution in [0.5, 0.6) is 0 Å². The van der Waals surface area contributed by atoms with Gasteiger partial charge in [0.2, 0.25) is 0 Å². The molecule has 1 N–H and O–H groups in total. The van der Waals surface area contributed by atoms with Crippen molar-refractivity contribution in [3.05, 3.63) is 45.4 Å². The number of nitrogens with one attached hydrogen (secondary N) is 1. The molecule has 0 radical (unpaired) electrons. The highest BCUT2D eigenvalue weighted by Gasteiger charge is 2.16. The van der Waals surface area contributed by atoms with E-state index >= 15 is 0 Å². The van der Waals surface area contributed by atoms with Crippen molar-refractivity contribution in [2.24, 2.45) is 5.92 Å². The molecule has 1 aromatic heterocycles. The third kappa shape index (κ3) is 4.53. The lowest BCUT2D eigenvalue weighted by atomic mass is 10.0. The van der Waals surface area contributed by atoms with Crippen LogP contribution in [0.1, 0.15) is 31.3 Å². The fourth-order valence-electron chi connectivity index (χ4n) is 2.29. The molecule has 0 aliphatic carbocycles. The Morgan fingerprint density at radius 1 is 1.33 bits per heavy atom. The maximum absolute atomic E-state index is 6.14. The number of halogens is 2. The fraction of sp³-hybridized carbons (Fsp3) is 0.467. The fourth-order valence-corrected chi connectivity index (χ4v) is 3.18. The van der Waals surface area contributed by atoms with Gasteiger partial charge in [-0.25, -0.2) is 9.67 Å². The van der Waals surface area contributed by atoms with Crippen molar-refractivity contribution in [2.45, 2.75) is 32.9 Å². The van der Waals surface area contributed by atoms with Crippen molar-refractivity contribution in [3.63, 3.8) is 0 Å². The van der Waals surface area contributed by atoms with Crippen LogP contribution in [0.4, 0.5) is 0 Å². The maximum Gasteiger partial charge on any atom is 0.138 e. The monoisotopic (exact) mass is 370 g/mol. The SMILES string of the molecule is CNC(Cc1ncnn1CC(C)C)c1cc(Cl)cc(Br)c1. The normalized spacial score (nSPS) is 12.9. The molecule has 2 rings (SSSR count). The van der Waals surface area contributed by atoms with E-state index in [2.05, 4.69) is 51.2 Å². The van der Waals surface area contributed by atoms with E-state index < -0.39 is 0 Å². The smallest absolute Gasteiger partial charge is 0.138 e. The molecule has 0 saturated carbocycles. The molecule has 1 heterocycles. The van der Waals surface area contributed by atoms with Gasteiger partial charge in [0.1, 0.15) is 12.2 Å². The summed E-state index contributed by atoms with van der Waals surface area (Å²) < 4.78 is 2.96. The molecule has 2 aromatic rings. The summed E-state index contributed by atoms with van der Waals surface area (Å²) in [5.74, 6) is 1.53. The minimum absolute atomic E-state index is 0.148. The van der Waals surface area contributed by atoms with E-state index in [-0.39, 0.29) is 6.04 Å². The number of nitrogens with zero attached hydrogens (tertiary/aromatic N) is 3. The van der Waals surface area contributed by atoms with E-state index in [0.29, 0.717) is 5.92 Å². The Morgan fingerprint density at radius 2 is 2.10 bits per heavy atom. The lowest BCUT2D eigenvalue weighted by Gasteiger charge is -2.18. The number of hydrogen-bond donors (Lipinski definition) is 1. The van der Waals surface area contributed by atoms with Crippen LogP contribution in [0.2, 0.25) is 5.02 Å². The summed E-state index contributed by atoms with van der Waals surface area (Å²) in [5, 5.41) is 8.37. The summed E-state index contributed by atoms with van der Waals surface area (Å²) in [6, 6.07) is 6.10. The Hall–Kier alpha value is -0.910. The molecule has 0 bridgehead atoms. The maximum atomic E-state index is 6.14. The molecule has 0 fully saturated rings. The zero-order valence-corrected chi connectivity index (χ0v) is 14.8. The highest BCUT2D eigenvalue weighted by atomic mass is 79.9. The van der Waals surface area contributed by atoms with E-state index in [1.54, 1.807) is 6.33 Å². The van der Waals surface area contributed by atoms with E-state index in [0.717, 1.165) is 33.8 Å². The predicted octanol–water partition coefficient (Wildman–Crippen LogP) is 3.85. The second-order valence-electron chi connectivity index (χ2n) is 5.50. The van der Waals surface area contributed by atoms with Crippen LogP contribution >= 0.6 is 27.5 Å². The first-order valence-electron chi connectivity index (χ1n) is 6.99. The first-order chi connectivity index (χ1) is 9.99. The summed E-state index contributed by atoms with van der Waals surface area (Å²) in [4.78, 5) is 4.39. The average molecular weight is 372 g/mol. The molecule has 0 amide bonds. The molecule has 0 aliphatic rings. The van der Waals surface area contributed by atoms with Gasteiger partial charge >= 0.3 is 0 Å². The third-order valence-electron chi connectivity index (χ3n) is 3.26. The van der Waals surface area contributed by atoms with Gasteiger partial charge in [-0.1, -0.05) is 41.4 Å². The molecule has 1 aromatic carbocycles. The summed E-state index contributed by atoms with van der Waals surface area (Å²) in [6.45, 7) is 5.23. The van der Waals surface area contributed by atoms with Gasteiger partial charge in [-0.3, -0.25) is 0 Å². The van der Waals surface area contributed by atoms with Crippen LogP contribution in [0, 0.1) is 5.92 Å². The number of rotatable bonds is 6. The van der Waals surface area contributed by atoms with E-state index in [1.165, 1.54) is 0 Å². The van der Waals surface area contributed by atoms with Gasteiger partial charge in [-0.15, -0.1) is 0 Å². The molecule has 0 saturated heterocycles. The molecule has 1 unspecified atom stereocenters. The largest absolute Gasteiger partial charge is 0.313 e. The minimum Gasteiger partial charge on any atom is -0.313 e. The Kier molecular flexibility index (Phi) is 5.79. The first-order valence-corrected chi connectivity index (χ1v) is 8.16. The number of hydrogen-bond acceptors (Lipinski definition) is 3. The zero-order valence-electron chi connectivity index (χ0n) is 12.5. The van der Waals surface area contributed by atoms with E-state index in [1.807, 2.05) is 23.9 Å². The third-order valence-corrected chi connectivity index (χ3v) is 3.93. The second-order valence-corrected chi connectivity index (χ2v) is 6.85. The minimum atomic E-state index is 0.148. The van der Waals surface area contributed by atoms with Crippen LogP contribution in [0.3, 0.4) is 0 Å². The Morgan fingerprint density at radius 3 is 2.71 bits per heavy atom. The lowest BCUT2D eigenvalue weighted by Crippen LogP contribution is -2.22. The van der Waals surface area contributed by atoms with Gasteiger partial charge in [0.25, 0.3) is 0 Å². The quantitative estimate of drug-likeness (QED) is 0.838. The Balaban J connectivity index is 2.21. The first kappa shape index (κ1) is 16.5. The van der Waals surface area contributed by atoms with Gasteiger partial charge < -0.3 is 5.32 Å². The number of aromatic nitrogens is 3. The summed E-state index contributed by atoms with van der Waals surface area (Å²) >= 11 is 9.63. The Bertz CT molecular complexity index is 577. The van der Waals surface area contributed by atoms with Gasteiger partial charge in [-0.05, 0) is 36.7 Å². The standard InChI is InChI=1S/C15H20BrClN4/c1-10(2)8-21-15(19-9-20-21)7-14(18-3)11-4-12(16)6-13(17)5-11/h4-6,9-10,14,18H,7-8H2,1-3H3. The topological polar surface area (TPSA) is 42.7 Å². The summed E-state index contributed by atoms with van der Waals surface area (Å²) in [6.07, 6.45) is 2.40. The van der Waals surface area contributed by atoms with Crippen molar-refractivity contribution >= 4 is 27.5 Å². The predicted molar refractivity (Wildman–Crippen MR) is 89.5 cm³/mol. The highest BCUT2D eigenvalue weighted by molar-refractivity contribution is 9.10. The van der Waals surface area contributed by atoms with Gasteiger partial charge in [0.15, 0.2) is 0 Å². The molecule has 0 spiro atoms. The zero-order chi connectivity index (χ0) is 15.4. The van der Waals surface area contributed by atoms with Crippen LogP contribution in [0.15, 0.2) is 29.0 Å². The van der Waals surface area contributed by atoms with Crippen LogP contribution in [-0.2, 0) is 13.0 Å². The molecule has 0 aliphatic heterocycles. The van der Waals surface area contributed by atoms with Crippen LogP contribution < -0.4 is 5.32 Å². The van der Waals surface area contributed by atoms with Crippen molar-refractivity contribution in [1.82, 2.24) is 20.1 Å². The van der Waals surface area contributed by atoms with Gasteiger partial charge in [-0.2, -0.15) is 5.10 Å². The van der Waals surface area contributed by atoms with Crippen LogP contribution in [-0.4, -0.2) is 21.8 Å². The van der Waals surface area contributed by atoms with Crippen molar-refractivity contribution in [3.8, 4) is 0 Å². The molecule has 4 nitrogen and oxygen atoms in total. The van der Waals surface area contributed by atoms with Crippen molar-refractivity contribution in [1.29, 1.82) is 0 Å². The molecular weight excluding hydrogens is 352 g/mol. The van der Waals surface area contributed by atoms with E-state index in [9.17, 15) is 0 Å². The number of benzene rings is 1. The average Bonchev–Trinajstić information content (AvgIpc) is 2.81. The summed E-state index contributed by atoms with van der Waals surface area (Å²) in [7, 11) is 1.95.